The van der Waals surface area contributed by atoms with Crippen LogP contribution in [0.3, 0.4) is 0 Å². The van der Waals surface area contributed by atoms with E-state index in [4.69, 9.17) is 25.2 Å². The first-order chi connectivity index (χ1) is 14.3. The summed E-state index contributed by atoms with van der Waals surface area (Å²) < 4.78 is 0. The van der Waals surface area contributed by atoms with E-state index in [1.165, 1.54) is 62.8 Å². The molecule has 4 N–H and O–H groups in total. The molecule has 29 heavy (non-hydrogen) atoms. The number of fused-ring (bicyclic) bond motifs is 4. The van der Waals surface area contributed by atoms with Crippen molar-refractivity contribution in [2.75, 3.05) is 13.1 Å². The first-order valence-electron chi connectivity index (χ1n) is 11.1. The van der Waals surface area contributed by atoms with E-state index in [2.05, 4.69) is 39.5 Å². The van der Waals surface area contributed by atoms with Gasteiger partial charge in [0.05, 0.1) is 11.4 Å². The third kappa shape index (κ3) is 7.93. The minimum Gasteiger partial charge on any atom is -0.311 e. The van der Waals surface area contributed by atoms with Crippen molar-refractivity contribution in [3.05, 3.63) is 29.6 Å². The van der Waals surface area contributed by atoms with Crippen molar-refractivity contribution in [1.82, 2.24) is 26.3 Å². The van der Waals surface area contributed by atoms with Crippen LogP contribution >= 0.6 is 20.2 Å². The third-order valence-corrected chi connectivity index (χ3v) is 6.43. The molecule has 1 aromatic heterocycles. The zero-order valence-electron chi connectivity index (χ0n) is 17.1. The molecule has 5 nitrogen and oxygen atoms in total. The minimum absolute atomic E-state index is 0.00694. The molecule has 2 aliphatic carbocycles. The zero-order valence-corrected chi connectivity index (χ0v) is 19.8. The fraction of sp³-hybridized carbons (Fsp3) is 0.762. The van der Waals surface area contributed by atoms with Crippen LogP contribution in [0.1, 0.15) is 62.8 Å². The van der Waals surface area contributed by atoms with Gasteiger partial charge in [-0.05, 0) is 37.8 Å². The maximum Gasteiger partial charge on any atom is 0.0545 e. The summed E-state index contributed by atoms with van der Waals surface area (Å²) in [6.45, 7) is 3.89. The molecule has 4 rings (SSSR count). The van der Waals surface area contributed by atoms with Crippen LogP contribution in [0.4, 0.5) is 0 Å². The Kier molecular flexibility index (Phi) is 11.0. The fourth-order valence-corrected chi connectivity index (χ4v) is 4.95. The molecule has 4 atom stereocenters. The molecule has 2 saturated carbocycles. The Balaban J connectivity index is 0.000000755. The number of halogens is 2. The van der Waals surface area contributed by atoms with Crippen LogP contribution < -0.4 is 21.3 Å². The Morgan fingerprint density at radius 3 is 1.48 bits per heavy atom. The van der Waals surface area contributed by atoms with E-state index in [-0.39, 0.29) is 13.1 Å². The second-order valence-electron chi connectivity index (χ2n) is 8.34. The molecule has 2 bridgehead atoms. The second-order valence-corrected chi connectivity index (χ2v) is 10.3. The zero-order chi connectivity index (χ0) is 20.3. The van der Waals surface area contributed by atoms with Gasteiger partial charge in [0.25, 0.3) is 0 Å². The first-order valence-corrected chi connectivity index (χ1v) is 14.3. The van der Waals surface area contributed by atoms with Crippen LogP contribution in [0.5, 0.6) is 0 Å². The van der Waals surface area contributed by atoms with Gasteiger partial charge in [0.2, 0.25) is 0 Å². The maximum atomic E-state index is 4.89. The first kappa shape index (κ1) is 23.7. The van der Waals surface area contributed by atoms with Gasteiger partial charge >= 0.3 is 33.3 Å². The molecule has 0 aromatic carbocycles. The Morgan fingerprint density at radius 1 is 0.690 bits per heavy atom. The normalized spacial score (nSPS) is 31.1. The topological polar surface area (TPSA) is 61.0 Å². The van der Waals surface area contributed by atoms with Gasteiger partial charge in [-0.15, -0.1) is 0 Å². The van der Waals surface area contributed by atoms with Gasteiger partial charge in [0.1, 0.15) is 0 Å². The largest absolute Gasteiger partial charge is 0.311 e. The molecule has 3 aliphatic rings. The van der Waals surface area contributed by atoms with Crippen LogP contribution in [0, 0.1) is 0 Å². The molecule has 1 aliphatic heterocycles. The van der Waals surface area contributed by atoms with E-state index in [1.54, 1.807) is 0 Å². The van der Waals surface area contributed by atoms with Gasteiger partial charge in [0, 0.05) is 50.3 Å². The Morgan fingerprint density at radius 2 is 1.07 bits per heavy atom. The van der Waals surface area contributed by atoms with Crippen LogP contribution in [0.15, 0.2) is 18.2 Å². The summed E-state index contributed by atoms with van der Waals surface area (Å²) in [6.07, 6.45) is 10.5. The second kappa shape index (κ2) is 13.5. The number of nitrogens with zero attached hydrogens (tertiary/aromatic N) is 1. The minimum atomic E-state index is 0.00694. The molecule has 2 heterocycles. The fourth-order valence-electron chi connectivity index (χ4n) is 4.95. The van der Waals surface area contributed by atoms with E-state index >= 15 is 0 Å². The van der Waals surface area contributed by atoms with Crippen molar-refractivity contribution in [1.29, 1.82) is 0 Å². The standard InChI is InChI=1S/C21H35N5.2ClH.Mn/c1-3-10-20-18(8-1)22-12-13-23-19-9-2-4-11-21(19)25-15-17-7-5-6-16(26-17)14-24-20;;;/h5-7,18-25H,1-4,8-15H2;2*1H;/q;;;+2/p-2/t18-,19?,20+,21+;;;/m0.../s1. The predicted molar refractivity (Wildman–Crippen MR) is 118 cm³/mol. The summed E-state index contributed by atoms with van der Waals surface area (Å²) in [5.41, 5.74) is 2.34. The molecule has 2 fully saturated rings. The predicted octanol–water partition coefficient (Wildman–Crippen LogP) is 3.45. The van der Waals surface area contributed by atoms with Crippen LogP contribution in [-0.2, 0) is 26.2 Å². The Labute approximate surface area is 190 Å². The smallest absolute Gasteiger partial charge is 0.0545 e. The maximum absolute atomic E-state index is 4.89. The molecular weight excluding hydrogens is 448 g/mol. The van der Waals surface area contributed by atoms with Crippen LogP contribution in [0.2, 0.25) is 0 Å². The van der Waals surface area contributed by atoms with E-state index in [9.17, 15) is 0 Å². The summed E-state index contributed by atoms with van der Waals surface area (Å²) >= 11 is 0.00694. The molecular formula is C21H35Cl2MnN5. The summed E-state index contributed by atoms with van der Waals surface area (Å²) in [4.78, 5) is 4.89. The van der Waals surface area contributed by atoms with Crippen LogP contribution in [-0.4, -0.2) is 42.2 Å². The van der Waals surface area contributed by atoms with E-state index in [0.717, 1.165) is 26.2 Å². The number of pyridine rings is 1. The molecule has 165 valence electrons. The van der Waals surface area contributed by atoms with Gasteiger partial charge in [0.15, 0.2) is 0 Å². The molecule has 0 saturated heterocycles. The van der Waals surface area contributed by atoms with Crippen molar-refractivity contribution in [2.24, 2.45) is 0 Å². The Bertz CT molecular complexity index is 549. The van der Waals surface area contributed by atoms with Gasteiger partial charge in [-0.3, -0.25) is 4.98 Å². The number of hydrogen-bond acceptors (Lipinski definition) is 5. The molecule has 1 aromatic rings. The average molecular weight is 483 g/mol. The van der Waals surface area contributed by atoms with E-state index in [0.29, 0.717) is 24.2 Å². The van der Waals surface area contributed by atoms with Gasteiger partial charge in [-0.2, -0.15) is 0 Å². The average Bonchev–Trinajstić information content (AvgIpc) is 2.76. The quantitative estimate of drug-likeness (QED) is 0.426. The van der Waals surface area contributed by atoms with Crippen molar-refractivity contribution in [3.8, 4) is 0 Å². The SMILES string of the molecule is [Cl][Mn][Cl].c1cc2nc(c1)CN[C@@H]1CCCC[C@@H]1NCCNC1CCCC[C@H]1NC2. The van der Waals surface area contributed by atoms with Gasteiger partial charge in [-0.1, -0.05) is 31.7 Å². The number of aromatic nitrogens is 1. The van der Waals surface area contributed by atoms with Gasteiger partial charge in [-0.25, -0.2) is 0 Å². The van der Waals surface area contributed by atoms with Crippen molar-refractivity contribution in [2.45, 2.75) is 88.6 Å². The van der Waals surface area contributed by atoms with E-state index in [1.807, 2.05) is 0 Å². The Hall–Kier alpha value is 0.0895. The summed E-state index contributed by atoms with van der Waals surface area (Å²) in [5, 5.41) is 15.2. The summed E-state index contributed by atoms with van der Waals surface area (Å²) in [6, 6.07) is 8.81. The summed E-state index contributed by atoms with van der Waals surface area (Å²) in [5.74, 6) is 0. The van der Waals surface area contributed by atoms with Crippen molar-refractivity contribution in [3.63, 3.8) is 0 Å². The van der Waals surface area contributed by atoms with Crippen molar-refractivity contribution < 1.29 is 13.1 Å². The number of hydrogen-bond donors (Lipinski definition) is 4. The van der Waals surface area contributed by atoms with Crippen molar-refractivity contribution >= 4 is 20.2 Å². The third-order valence-electron chi connectivity index (χ3n) is 6.43. The van der Waals surface area contributed by atoms with E-state index < -0.39 is 0 Å². The molecule has 1 unspecified atom stereocenters. The number of nitrogens with one attached hydrogen (secondary N) is 4. The van der Waals surface area contributed by atoms with Gasteiger partial charge < -0.3 is 21.3 Å². The van der Waals surface area contributed by atoms with Crippen LogP contribution in [0.25, 0.3) is 0 Å². The molecule has 0 radical (unpaired) electrons. The number of rotatable bonds is 0. The summed E-state index contributed by atoms with van der Waals surface area (Å²) in [7, 11) is 9.59. The molecule has 8 heteroatoms. The monoisotopic (exact) mass is 482 g/mol. The molecule has 0 spiro atoms. The molecule has 0 amide bonds.